The smallest absolute Gasteiger partial charge is 0.262 e. The number of Topliss-reactive ketones (excluding diaryl/α,β-unsaturated/α-hetero) is 1. The lowest BCUT2D eigenvalue weighted by molar-refractivity contribution is 0.101. The lowest BCUT2D eigenvalue weighted by atomic mass is 10.2. The van der Waals surface area contributed by atoms with Gasteiger partial charge in [0.05, 0.1) is 10.6 Å². The molecule has 4 nitrogen and oxygen atoms in total. The number of nitrogens with one attached hydrogen (secondary N) is 1. The Kier molecular flexibility index (Phi) is 4.04. The number of sulfonamides is 1. The highest BCUT2D eigenvalue weighted by molar-refractivity contribution is 7.92. The van der Waals surface area contributed by atoms with Crippen molar-refractivity contribution in [1.82, 2.24) is 0 Å². The van der Waals surface area contributed by atoms with E-state index in [9.17, 15) is 22.0 Å². The largest absolute Gasteiger partial charge is 0.295 e. The molecule has 0 radical (unpaired) electrons. The van der Waals surface area contributed by atoms with Crippen molar-refractivity contribution in [3.05, 3.63) is 59.7 Å². The molecule has 0 heterocycles. The number of carbonyl (C=O) groups is 1. The van der Waals surface area contributed by atoms with Crippen LogP contribution in [0.2, 0.25) is 0 Å². The maximum absolute atomic E-state index is 13.5. The van der Waals surface area contributed by atoms with Gasteiger partial charge in [-0.2, -0.15) is 0 Å². The molecule has 1 N–H and O–H groups in total. The first kappa shape index (κ1) is 15.1. The van der Waals surface area contributed by atoms with E-state index >= 15 is 0 Å². The minimum atomic E-state index is -4.07. The molecule has 0 aromatic heterocycles. The Hall–Kier alpha value is -2.28. The highest BCUT2D eigenvalue weighted by atomic mass is 32.2. The fraction of sp³-hybridized carbons (Fsp3) is 0.0714. The molecule has 0 bridgehead atoms. The van der Waals surface area contributed by atoms with E-state index in [1.807, 2.05) is 4.72 Å². The molecule has 0 unspecified atom stereocenters. The van der Waals surface area contributed by atoms with Crippen molar-refractivity contribution in [2.24, 2.45) is 0 Å². The van der Waals surface area contributed by atoms with Gasteiger partial charge in [0, 0.05) is 11.6 Å². The fourth-order valence-corrected chi connectivity index (χ4v) is 2.77. The summed E-state index contributed by atoms with van der Waals surface area (Å²) in [5.41, 5.74) is -0.151. The fourth-order valence-electron chi connectivity index (χ4n) is 1.66. The summed E-state index contributed by atoms with van der Waals surface area (Å²) in [7, 11) is -4.07. The number of anilines is 1. The normalized spacial score (nSPS) is 11.2. The van der Waals surface area contributed by atoms with Crippen molar-refractivity contribution in [1.29, 1.82) is 0 Å². The Morgan fingerprint density at radius 3 is 2.43 bits per heavy atom. The molecule has 0 atom stereocenters. The predicted octanol–water partition coefficient (Wildman–Crippen LogP) is 2.97. The van der Waals surface area contributed by atoms with Gasteiger partial charge in [0.15, 0.2) is 5.78 Å². The lowest BCUT2D eigenvalue weighted by Gasteiger charge is -2.09. The maximum Gasteiger partial charge on any atom is 0.262 e. The van der Waals surface area contributed by atoms with Crippen LogP contribution in [-0.4, -0.2) is 14.2 Å². The van der Waals surface area contributed by atoms with E-state index in [0.717, 1.165) is 12.1 Å². The van der Waals surface area contributed by atoms with Crippen molar-refractivity contribution in [3.63, 3.8) is 0 Å². The third-order valence-corrected chi connectivity index (χ3v) is 4.09. The summed E-state index contributed by atoms with van der Waals surface area (Å²) in [5, 5.41) is 0. The standard InChI is InChI=1S/C14H11F2NO3S/c1-9(18)10-3-2-4-12(7-10)21(19,20)17-14-6-5-11(15)8-13(14)16/h2-8,17H,1H3. The van der Waals surface area contributed by atoms with Gasteiger partial charge in [-0.05, 0) is 31.2 Å². The number of halogens is 2. The second-order valence-corrected chi connectivity index (χ2v) is 6.00. The van der Waals surface area contributed by atoms with Crippen LogP contribution in [0.25, 0.3) is 0 Å². The first-order valence-corrected chi connectivity index (χ1v) is 7.37. The molecule has 0 fully saturated rings. The topological polar surface area (TPSA) is 63.2 Å². The minimum absolute atomic E-state index is 0.182. The summed E-state index contributed by atoms with van der Waals surface area (Å²) in [6, 6.07) is 7.84. The SMILES string of the molecule is CC(=O)c1cccc(S(=O)(=O)Nc2ccc(F)cc2F)c1. The van der Waals surface area contributed by atoms with E-state index < -0.39 is 21.7 Å². The molecule has 110 valence electrons. The molecule has 0 aliphatic carbocycles. The second kappa shape index (κ2) is 5.61. The van der Waals surface area contributed by atoms with Crippen LogP contribution < -0.4 is 4.72 Å². The van der Waals surface area contributed by atoms with Crippen LogP contribution in [0.15, 0.2) is 47.4 Å². The molecular formula is C14H11F2NO3S. The van der Waals surface area contributed by atoms with Crippen LogP contribution in [-0.2, 0) is 10.0 Å². The molecule has 2 aromatic carbocycles. The van der Waals surface area contributed by atoms with E-state index in [2.05, 4.69) is 0 Å². The molecule has 0 aliphatic rings. The van der Waals surface area contributed by atoms with Gasteiger partial charge < -0.3 is 0 Å². The van der Waals surface area contributed by atoms with E-state index in [-0.39, 0.29) is 21.9 Å². The monoisotopic (exact) mass is 311 g/mol. The lowest BCUT2D eigenvalue weighted by Crippen LogP contribution is -2.14. The van der Waals surface area contributed by atoms with Crippen molar-refractivity contribution in [3.8, 4) is 0 Å². The number of benzene rings is 2. The Morgan fingerprint density at radius 1 is 1.10 bits per heavy atom. The van der Waals surface area contributed by atoms with E-state index in [1.54, 1.807) is 0 Å². The molecule has 0 amide bonds. The second-order valence-electron chi connectivity index (χ2n) is 4.31. The summed E-state index contributed by atoms with van der Waals surface area (Å²) in [4.78, 5) is 11.1. The number of hydrogen-bond donors (Lipinski definition) is 1. The summed E-state index contributed by atoms with van der Waals surface area (Å²) in [6.45, 7) is 1.30. The summed E-state index contributed by atoms with van der Waals surface area (Å²) < 4.78 is 52.6. The molecule has 0 spiro atoms. The van der Waals surface area contributed by atoms with Gasteiger partial charge in [-0.3, -0.25) is 9.52 Å². The zero-order valence-electron chi connectivity index (χ0n) is 10.9. The first-order chi connectivity index (χ1) is 9.79. The molecule has 2 aromatic rings. The van der Waals surface area contributed by atoms with Crippen molar-refractivity contribution >= 4 is 21.5 Å². The minimum Gasteiger partial charge on any atom is -0.295 e. The average Bonchev–Trinajstić information content (AvgIpc) is 2.42. The van der Waals surface area contributed by atoms with Crippen LogP contribution in [0.1, 0.15) is 17.3 Å². The van der Waals surface area contributed by atoms with Gasteiger partial charge in [-0.25, -0.2) is 17.2 Å². The zero-order chi connectivity index (χ0) is 15.6. The summed E-state index contributed by atoms with van der Waals surface area (Å²) in [6.07, 6.45) is 0. The van der Waals surface area contributed by atoms with Crippen molar-refractivity contribution < 1.29 is 22.0 Å². The first-order valence-electron chi connectivity index (χ1n) is 5.88. The molecular weight excluding hydrogens is 300 g/mol. The average molecular weight is 311 g/mol. The molecule has 21 heavy (non-hydrogen) atoms. The Bertz CT molecular complexity index is 804. The van der Waals surface area contributed by atoms with Crippen molar-refractivity contribution in [2.45, 2.75) is 11.8 Å². The van der Waals surface area contributed by atoms with Gasteiger partial charge in [-0.15, -0.1) is 0 Å². The quantitative estimate of drug-likeness (QED) is 0.883. The number of hydrogen-bond acceptors (Lipinski definition) is 3. The van der Waals surface area contributed by atoms with E-state index in [0.29, 0.717) is 6.07 Å². The van der Waals surface area contributed by atoms with Crippen LogP contribution in [0.5, 0.6) is 0 Å². The van der Waals surface area contributed by atoms with Crippen LogP contribution in [0.3, 0.4) is 0 Å². The van der Waals surface area contributed by atoms with Gasteiger partial charge in [-0.1, -0.05) is 12.1 Å². The van der Waals surface area contributed by atoms with Gasteiger partial charge in [0.25, 0.3) is 10.0 Å². The molecule has 2 rings (SSSR count). The Morgan fingerprint density at radius 2 is 1.81 bits per heavy atom. The Labute approximate surface area is 120 Å². The highest BCUT2D eigenvalue weighted by Crippen LogP contribution is 2.20. The number of rotatable bonds is 4. The van der Waals surface area contributed by atoms with Gasteiger partial charge >= 0.3 is 0 Å². The van der Waals surface area contributed by atoms with Gasteiger partial charge in [0.1, 0.15) is 11.6 Å². The highest BCUT2D eigenvalue weighted by Gasteiger charge is 2.17. The third-order valence-electron chi connectivity index (χ3n) is 2.73. The third kappa shape index (κ3) is 3.43. The van der Waals surface area contributed by atoms with Gasteiger partial charge in [0.2, 0.25) is 0 Å². The Balaban J connectivity index is 2.38. The summed E-state index contributed by atoms with van der Waals surface area (Å²) >= 11 is 0. The van der Waals surface area contributed by atoms with Crippen LogP contribution >= 0.6 is 0 Å². The zero-order valence-corrected chi connectivity index (χ0v) is 11.7. The van der Waals surface area contributed by atoms with E-state index in [4.69, 9.17) is 0 Å². The predicted molar refractivity (Wildman–Crippen MR) is 73.6 cm³/mol. The molecule has 0 aliphatic heterocycles. The van der Waals surface area contributed by atoms with Crippen LogP contribution in [0.4, 0.5) is 14.5 Å². The number of carbonyl (C=O) groups excluding carboxylic acids is 1. The molecule has 0 saturated heterocycles. The number of ketones is 1. The molecule has 0 saturated carbocycles. The van der Waals surface area contributed by atoms with E-state index in [1.165, 1.54) is 31.2 Å². The van der Waals surface area contributed by atoms with Crippen molar-refractivity contribution in [2.75, 3.05) is 4.72 Å². The molecule has 7 heteroatoms. The maximum atomic E-state index is 13.5. The summed E-state index contributed by atoms with van der Waals surface area (Å²) in [5.74, 6) is -2.13. The van der Waals surface area contributed by atoms with Crippen LogP contribution in [0, 0.1) is 11.6 Å².